The first-order valence-electron chi connectivity index (χ1n) is 24.8. The molecule has 0 aliphatic rings. The Labute approximate surface area is 396 Å². The van der Waals surface area contributed by atoms with E-state index < -0.39 is 6.10 Å². The van der Waals surface area contributed by atoms with E-state index in [2.05, 4.69) is 87.6 Å². The molecule has 0 N–H and O–H groups in total. The number of hydrogen-bond donors (Lipinski definition) is 0. The Morgan fingerprint density at radius 2 is 0.646 bits per heavy atom. The van der Waals surface area contributed by atoms with Gasteiger partial charge < -0.3 is 14.2 Å². The third-order valence-electron chi connectivity index (χ3n) is 9.45. The van der Waals surface area contributed by atoms with Crippen LogP contribution in [0.4, 0.5) is 0 Å². The fourth-order valence-electron chi connectivity index (χ4n) is 5.83. The van der Waals surface area contributed by atoms with Crippen molar-refractivity contribution in [2.45, 2.75) is 168 Å². The number of carbonyl (C=O) groups is 3. The van der Waals surface area contributed by atoms with E-state index >= 15 is 0 Å². The molecule has 0 bridgehead atoms. The lowest BCUT2D eigenvalue weighted by atomic mass is 10.1. The van der Waals surface area contributed by atoms with E-state index in [1.54, 1.807) is 0 Å². The molecule has 0 saturated heterocycles. The van der Waals surface area contributed by atoms with Gasteiger partial charge in [0.1, 0.15) is 13.2 Å². The molecule has 1 unspecified atom stereocenters. The van der Waals surface area contributed by atoms with E-state index in [9.17, 15) is 14.4 Å². The molecule has 0 radical (unpaired) electrons. The first kappa shape index (κ1) is 59.8. The van der Waals surface area contributed by atoms with Crippen molar-refractivity contribution >= 4 is 17.9 Å². The number of unbranched alkanes of at least 4 members (excludes halogenated alkanes) is 10. The summed E-state index contributed by atoms with van der Waals surface area (Å²) in [6.45, 7) is 6.08. The summed E-state index contributed by atoms with van der Waals surface area (Å²) in [7, 11) is 0. The van der Waals surface area contributed by atoms with Gasteiger partial charge >= 0.3 is 17.9 Å². The Bertz CT molecular complexity index is 1590. The monoisotopic (exact) mass is 891 g/mol. The second kappa shape index (κ2) is 51.4. The molecule has 65 heavy (non-hydrogen) atoms. The van der Waals surface area contributed by atoms with Gasteiger partial charge in [-0.3, -0.25) is 14.4 Å². The van der Waals surface area contributed by atoms with Crippen LogP contribution >= 0.6 is 0 Å². The standard InChI is InChI=1S/C59H86O6/c1-4-7-10-13-16-19-22-25-27-28-29-30-32-34-37-40-43-46-49-52-58(61)64-55-56(54-63-57(60)51-48-45-42-39-36-33-24-21-18-15-12-9-6-3)65-59(62)53-50-47-44-41-38-35-31-26-23-20-17-14-11-8-5-2/h7-12,14-21,23-27,29-31,33,35-36,38-39,42,56H,4-6,13,22,28,32,34,37,40-41,43-55H2,1-3H3/b10-7+,11-8+,12-9+,17-14+,18-15+,19-16+,23-20+,24-21+,27-25+,30-29+,31-26+,36-33+,38-35+,42-39+. The van der Waals surface area contributed by atoms with Crippen molar-refractivity contribution in [3.8, 4) is 0 Å². The van der Waals surface area contributed by atoms with Crippen LogP contribution in [-0.2, 0) is 28.6 Å². The maximum Gasteiger partial charge on any atom is 0.306 e. The fourth-order valence-corrected chi connectivity index (χ4v) is 5.83. The fraction of sp³-hybridized carbons (Fsp3) is 0.475. The molecule has 0 saturated carbocycles. The van der Waals surface area contributed by atoms with Crippen LogP contribution in [-0.4, -0.2) is 37.2 Å². The number of ether oxygens (including phenoxy) is 3. The quantitative estimate of drug-likeness (QED) is 0.0200. The Balaban J connectivity index is 4.61. The average molecular weight is 891 g/mol. The first-order chi connectivity index (χ1) is 32.0. The number of allylic oxidation sites excluding steroid dienone is 28. The summed E-state index contributed by atoms with van der Waals surface area (Å²) in [4.78, 5) is 37.9. The minimum absolute atomic E-state index is 0.135. The van der Waals surface area contributed by atoms with Crippen molar-refractivity contribution in [1.82, 2.24) is 0 Å². The van der Waals surface area contributed by atoms with Crippen molar-refractivity contribution in [2.75, 3.05) is 13.2 Å². The topological polar surface area (TPSA) is 78.9 Å². The highest BCUT2D eigenvalue weighted by atomic mass is 16.6. The van der Waals surface area contributed by atoms with Crippen LogP contribution in [0.1, 0.15) is 162 Å². The van der Waals surface area contributed by atoms with Crippen LogP contribution in [0.5, 0.6) is 0 Å². The molecule has 6 heteroatoms. The zero-order valence-corrected chi connectivity index (χ0v) is 40.7. The molecule has 6 nitrogen and oxygen atoms in total. The van der Waals surface area contributed by atoms with Crippen LogP contribution in [0.3, 0.4) is 0 Å². The molecule has 1 atom stereocenters. The smallest absolute Gasteiger partial charge is 0.306 e. The zero-order chi connectivity index (χ0) is 47.2. The van der Waals surface area contributed by atoms with Gasteiger partial charge in [-0.1, -0.05) is 223 Å². The maximum atomic E-state index is 12.8. The third kappa shape index (κ3) is 49.6. The SMILES string of the molecule is CC/C=C/C=C/C=C/C=C/C=C/CCCCCC(=O)OC(COC(=O)CCC/C=C/C=C/C=C/C=C/C=C/CC)COC(=O)CCCCCCCC/C=C/C/C=C/C/C=C/C/C=C/CC. The molecule has 0 aliphatic heterocycles. The second-order valence-electron chi connectivity index (χ2n) is 15.5. The predicted octanol–water partition coefficient (Wildman–Crippen LogP) is 16.4. The molecule has 0 fully saturated rings. The predicted molar refractivity (Wildman–Crippen MR) is 278 cm³/mol. The summed E-state index contributed by atoms with van der Waals surface area (Å²) in [5.74, 6) is -1.09. The van der Waals surface area contributed by atoms with E-state index in [1.165, 1.54) is 12.8 Å². The Morgan fingerprint density at radius 3 is 1.12 bits per heavy atom. The number of carbonyl (C=O) groups excluding carboxylic acids is 3. The van der Waals surface area contributed by atoms with Gasteiger partial charge in [0.15, 0.2) is 6.10 Å². The molecule has 358 valence electrons. The van der Waals surface area contributed by atoms with Crippen LogP contribution in [0, 0.1) is 0 Å². The molecule has 0 aromatic heterocycles. The van der Waals surface area contributed by atoms with E-state index in [0.717, 1.165) is 96.3 Å². The molecule has 0 rings (SSSR count). The van der Waals surface area contributed by atoms with E-state index in [-0.39, 0.29) is 44.0 Å². The van der Waals surface area contributed by atoms with Gasteiger partial charge in [-0.15, -0.1) is 0 Å². The largest absolute Gasteiger partial charge is 0.462 e. The van der Waals surface area contributed by atoms with Crippen LogP contribution in [0.2, 0.25) is 0 Å². The van der Waals surface area contributed by atoms with Crippen molar-refractivity contribution in [2.24, 2.45) is 0 Å². The van der Waals surface area contributed by atoms with Crippen molar-refractivity contribution in [3.63, 3.8) is 0 Å². The van der Waals surface area contributed by atoms with Crippen LogP contribution in [0.25, 0.3) is 0 Å². The Hall–Kier alpha value is -5.23. The van der Waals surface area contributed by atoms with Crippen molar-refractivity contribution in [3.05, 3.63) is 170 Å². The molecule has 0 aromatic carbocycles. The molecular weight excluding hydrogens is 805 g/mol. The average Bonchev–Trinajstić information content (AvgIpc) is 3.30. The number of hydrogen-bond acceptors (Lipinski definition) is 6. The third-order valence-corrected chi connectivity index (χ3v) is 9.45. The highest BCUT2D eigenvalue weighted by Crippen LogP contribution is 2.12. The summed E-state index contributed by atoms with van der Waals surface area (Å²) in [5, 5.41) is 0. The van der Waals surface area contributed by atoms with Gasteiger partial charge in [0, 0.05) is 19.3 Å². The summed E-state index contributed by atoms with van der Waals surface area (Å²) in [6.07, 6.45) is 76.3. The van der Waals surface area contributed by atoms with E-state index in [0.29, 0.717) is 19.3 Å². The molecule has 0 aromatic rings. The summed E-state index contributed by atoms with van der Waals surface area (Å²) >= 11 is 0. The van der Waals surface area contributed by atoms with Gasteiger partial charge in [0.25, 0.3) is 0 Å². The van der Waals surface area contributed by atoms with Gasteiger partial charge in [-0.05, 0) is 89.9 Å². The maximum absolute atomic E-state index is 12.8. The summed E-state index contributed by atoms with van der Waals surface area (Å²) in [5.41, 5.74) is 0. The van der Waals surface area contributed by atoms with Gasteiger partial charge in [0.2, 0.25) is 0 Å². The second-order valence-corrected chi connectivity index (χ2v) is 15.5. The zero-order valence-electron chi connectivity index (χ0n) is 40.7. The minimum Gasteiger partial charge on any atom is -0.462 e. The van der Waals surface area contributed by atoms with Crippen molar-refractivity contribution in [1.29, 1.82) is 0 Å². The van der Waals surface area contributed by atoms with Gasteiger partial charge in [-0.2, -0.15) is 0 Å². The number of esters is 3. The molecular formula is C59H86O6. The normalized spacial score (nSPS) is 13.6. The summed E-state index contributed by atoms with van der Waals surface area (Å²) < 4.78 is 16.7. The summed E-state index contributed by atoms with van der Waals surface area (Å²) in [6, 6.07) is 0. The van der Waals surface area contributed by atoms with E-state index in [4.69, 9.17) is 14.2 Å². The minimum atomic E-state index is -0.844. The highest BCUT2D eigenvalue weighted by molar-refractivity contribution is 5.71. The van der Waals surface area contributed by atoms with Crippen molar-refractivity contribution < 1.29 is 28.6 Å². The lowest BCUT2D eigenvalue weighted by Gasteiger charge is -2.18. The lowest BCUT2D eigenvalue weighted by Crippen LogP contribution is -2.30. The number of rotatable bonds is 41. The van der Waals surface area contributed by atoms with Crippen LogP contribution < -0.4 is 0 Å². The molecule has 0 amide bonds. The first-order valence-corrected chi connectivity index (χ1v) is 24.8. The Morgan fingerprint density at radius 1 is 0.323 bits per heavy atom. The highest BCUT2D eigenvalue weighted by Gasteiger charge is 2.19. The Kier molecular flexibility index (Phi) is 47.3. The molecule has 0 spiro atoms. The van der Waals surface area contributed by atoms with Gasteiger partial charge in [0.05, 0.1) is 0 Å². The van der Waals surface area contributed by atoms with Gasteiger partial charge in [-0.25, -0.2) is 0 Å². The lowest BCUT2D eigenvalue weighted by molar-refractivity contribution is -0.167. The van der Waals surface area contributed by atoms with E-state index in [1.807, 2.05) is 103 Å². The molecule has 0 heterocycles. The van der Waals surface area contributed by atoms with Crippen LogP contribution in [0.15, 0.2) is 170 Å². The molecule has 0 aliphatic carbocycles.